The number of hydrogen-bond acceptors (Lipinski definition) is 4. The largest absolute Gasteiger partial charge is 0.336 e. The average molecular weight is 460 g/mol. The van der Waals surface area contributed by atoms with Gasteiger partial charge in [0, 0.05) is 49.5 Å². The van der Waals surface area contributed by atoms with Gasteiger partial charge in [-0.05, 0) is 37.1 Å². The summed E-state index contributed by atoms with van der Waals surface area (Å²) in [6.45, 7) is 7.92. The van der Waals surface area contributed by atoms with E-state index < -0.39 is 0 Å². The molecule has 33 heavy (non-hydrogen) atoms. The van der Waals surface area contributed by atoms with E-state index in [1.807, 2.05) is 49.1 Å². The van der Waals surface area contributed by atoms with E-state index in [0.717, 1.165) is 47.8 Å². The Labute approximate surface area is 198 Å². The van der Waals surface area contributed by atoms with Gasteiger partial charge in [0.05, 0.1) is 17.0 Å². The number of benzene rings is 2. The average Bonchev–Trinajstić information content (AvgIpc) is 3.17. The van der Waals surface area contributed by atoms with E-state index in [2.05, 4.69) is 34.1 Å². The summed E-state index contributed by atoms with van der Waals surface area (Å²) in [4.78, 5) is 22.3. The number of nitrogens with zero attached hydrogens (tertiary/aromatic N) is 5. The molecule has 0 bridgehead atoms. The predicted octanol–water partition coefficient (Wildman–Crippen LogP) is 4.62. The quantitative estimate of drug-likeness (QED) is 0.446. The number of amides is 1. The first-order valence-electron chi connectivity index (χ1n) is 11.2. The van der Waals surface area contributed by atoms with Gasteiger partial charge < -0.3 is 4.90 Å². The Kier molecular flexibility index (Phi) is 5.87. The summed E-state index contributed by atoms with van der Waals surface area (Å²) in [7, 11) is 0. The van der Waals surface area contributed by atoms with Crippen molar-refractivity contribution in [2.45, 2.75) is 20.4 Å². The fourth-order valence-corrected chi connectivity index (χ4v) is 4.70. The number of halogens is 1. The standard InChI is InChI=1S/C26H26ClN5O/c1-18-24(21-9-6-10-22(27)15-21)25-28-16-23(19(2)32(25)29-18)26(33)31-13-11-30(12-14-31)17-20-7-4-3-5-8-20/h3-10,15-16H,11-14,17H2,1-2H3. The van der Waals surface area contributed by atoms with E-state index in [1.54, 1.807) is 10.7 Å². The molecule has 0 radical (unpaired) electrons. The van der Waals surface area contributed by atoms with Crippen LogP contribution in [0.5, 0.6) is 0 Å². The lowest BCUT2D eigenvalue weighted by atomic mass is 10.1. The van der Waals surface area contributed by atoms with Gasteiger partial charge in [-0.1, -0.05) is 54.1 Å². The van der Waals surface area contributed by atoms with Crippen molar-refractivity contribution < 1.29 is 4.79 Å². The van der Waals surface area contributed by atoms with Crippen LogP contribution in [0, 0.1) is 13.8 Å². The second-order valence-corrected chi connectivity index (χ2v) is 8.95. The van der Waals surface area contributed by atoms with Crippen molar-refractivity contribution in [2.24, 2.45) is 0 Å². The Balaban J connectivity index is 1.36. The molecular weight excluding hydrogens is 434 g/mol. The van der Waals surface area contributed by atoms with Crippen molar-refractivity contribution in [1.82, 2.24) is 24.4 Å². The molecule has 1 amide bonds. The van der Waals surface area contributed by atoms with Gasteiger partial charge in [0.1, 0.15) is 0 Å². The molecule has 0 unspecified atom stereocenters. The summed E-state index contributed by atoms with van der Waals surface area (Å²) in [6.07, 6.45) is 1.69. The van der Waals surface area contributed by atoms with Gasteiger partial charge in [0.2, 0.25) is 0 Å². The molecule has 7 heteroatoms. The number of aromatic nitrogens is 3. The van der Waals surface area contributed by atoms with Gasteiger partial charge in [0.15, 0.2) is 5.65 Å². The molecular formula is C26H26ClN5O. The van der Waals surface area contributed by atoms with E-state index in [9.17, 15) is 4.79 Å². The highest BCUT2D eigenvalue weighted by atomic mass is 35.5. The summed E-state index contributed by atoms with van der Waals surface area (Å²) >= 11 is 6.20. The maximum Gasteiger partial charge on any atom is 0.257 e. The molecule has 5 rings (SSSR count). The van der Waals surface area contributed by atoms with Crippen LogP contribution in [0.3, 0.4) is 0 Å². The van der Waals surface area contributed by atoms with Crippen LogP contribution in [0.2, 0.25) is 5.02 Å². The molecule has 0 spiro atoms. The third kappa shape index (κ3) is 4.24. The van der Waals surface area contributed by atoms with E-state index in [-0.39, 0.29) is 5.91 Å². The van der Waals surface area contributed by atoms with Gasteiger partial charge in [0.25, 0.3) is 5.91 Å². The van der Waals surface area contributed by atoms with Crippen molar-refractivity contribution in [1.29, 1.82) is 0 Å². The maximum absolute atomic E-state index is 13.3. The normalized spacial score (nSPS) is 14.7. The number of fused-ring (bicyclic) bond motifs is 1. The zero-order valence-electron chi connectivity index (χ0n) is 18.8. The van der Waals surface area contributed by atoms with Crippen molar-refractivity contribution >= 4 is 23.2 Å². The van der Waals surface area contributed by atoms with Gasteiger partial charge in [-0.3, -0.25) is 9.69 Å². The fraction of sp³-hybridized carbons (Fsp3) is 0.269. The minimum Gasteiger partial charge on any atom is -0.336 e. The Bertz CT molecular complexity index is 1310. The third-order valence-corrected chi connectivity index (χ3v) is 6.55. The first kappa shape index (κ1) is 21.6. The maximum atomic E-state index is 13.3. The summed E-state index contributed by atoms with van der Waals surface area (Å²) in [5, 5.41) is 5.37. The Morgan fingerprint density at radius 1 is 1.00 bits per heavy atom. The van der Waals surface area contributed by atoms with Crippen molar-refractivity contribution in [3.63, 3.8) is 0 Å². The van der Waals surface area contributed by atoms with Crippen LogP contribution in [0.25, 0.3) is 16.8 Å². The highest BCUT2D eigenvalue weighted by molar-refractivity contribution is 6.30. The number of carbonyl (C=O) groups is 1. The van der Waals surface area contributed by atoms with Crippen LogP contribution in [0.15, 0.2) is 60.8 Å². The first-order valence-corrected chi connectivity index (χ1v) is 11.6. The molecule has 1 fully saturated rings. The van der Waals surface area contributed by atoms with Gasteiger partial charge in [-0.15, -0.1) is 0 Å². The lowest BCUT2D eigenvalue weighted by molar-refractivity contribution is 0.0626. The summed E-state index contributed by atoms with van der Waals surface area (Å²) in [5.74, 6) is 0.0127. The van der Waals surface area contributed by atoms with Crippen molar-refractivity contribution in [3.05, 3.63) is 88.3 Å². The molecule has 0 aliphatic carbocycles. The smallest absolute Gasteiger partial charge is 0.257 e. The number of piperazine rings is 1. The van der Waals surface area contributed by atoms with Gasteiger partial charge in [-0.2, -0.15) is 5.10 Å². The third-order valence-electron chi connectivity index (χ3n) is 6.31. The Hall–Kier alpha value is -3.22. The van der Waals surface area contributed by atoms with Crippen LogP contribution < -0.4 is 0 Å². The van der Waals surface area contributed by atoms with Crippen LogP contribution in [0.4, 0.5) is 0 Å². The minimum absolute atomic E-state index is 0.0127. The number of carbonyl (C=O) groups excluding carboxylic acids is 1. The Morgan fingerprint density at radius 2 is 1.76 bits per heavy atom. The molecule has 0 saturated carbocycles. The molecule has 1 saturated heterocycles. The number of aryl methyl sites for hydroxylation is 2. The molecule has 4 aromatic rings. The monoisotopic (exact) mass is 459 g/mol. The van der Waals surface area contributed by atoms with Crippen LogP contribution >= 0.6 is 11.6 Å². The van der Waals surface area contributed by atoms with Crippen LogP contribution in [-0.4, -0.2) is 56.5 Å². The highest BCUT2D eigenvalue weighted by Gasteiger charge is 2.25. The molecule has 0 N–H and O–H groups in total. The van der Waals surface area contributed by atoms with E-state index >= 15 is 0 Å². The van der Waals surface area contributed by atoms with Crippen LogP contribution in [0.1, 0.15) is 27.3 Å². The highest BCUT2D eigenvalue weighted by Crippen LogP contribution is 2.30. The first-order chi connectivity index (χ1) is 16.0. The van der Waals surface area contributed by atoms with Crippen molar-refractivity contribution in [2.75, 3.05) is 26.2 Å². The molecule has 1 aliphatic rings. The molecule has 2 aromatic carbocycles. The topological polar surface area (TPSA) is 53.7 Å². The minimum atomic E-state index is 0.0127. The molecule has 1 aliphatic heterocycles. The van der Waals surface area contributed by atoms with Crippen LogP contribution in [-0.2, 0) is 6.54 Å². The molecule has 6 nitrogen and oxygen atoms in total. The lowest BCUT2D eigenvalue weighted by Crippen LogP contribution is -2.48. The van der Waals surface area contributed by atoms with Gasteiger partial charge >= 0.3 is 0 Å². The number of hydrogen-bond donors (Lipinski definition) is 0. The van der Waals surface area contributed by atoms with E-state index in [1.165, 1.54) is 5.56 Å². The second-order valence-electron chi connectivity index (χ2n) is 8.52. The van der Waals surface area contributed by atoms with E-state index in [4.69, 9.17) is 16.7 Å². The summed E-state index contributed by atoms with van der Waals surface area (Å²) < 4.78 is 1.78. The molecule has 2 aromatic heterocycles. The lowest BCUT2D eigenvalue weighted by Gasteiger charge is -2.35. The van der Waals surface area contributed by atoms with Crippen molar-refractivity contribution in [3.8, 4) is 11.1 Å². The molecule has 0 atom stereocenters. The predicted molar refractivity (Wildman–Crippen MR) is 131 cm³/mol. The zero-order chi connectivity index (χ0) is 22.9. The Morgan fingerprint density at radius 3 is 2.48 bits per heavy atom. The van der Waals surface area contributed by atoms with E-state index in [0.29, 0.717) is 23.7 Å². The summed E-state index contributed by atoms with van der Waals surface area (Å²) in [5.41, 5.74) is 6.19. The molecule has 3 heterocycles. The SMILES string of the molecule is Cc1nn2c(C)c(C(=O)N3CCN(Cc4ccccc4)CC3)cnc2c1-c1cccc(Cl)c1. The second kappa shape index (κ2) is 8.96. The molecule has 168 valence electrons. The summed E-state index contributed by atoms with van der Waals surface area (Å²) in [6, 6.07) is 18.1. The fourth-order valence-electron chi connectivity index (χ4n) is 4.51. The zero-order valence-corrected chi connectivity index (χ0v) is 19.6. The number of rotatable bonds is 4. The van der Waals surface area contributed by atoms with Gasteiger partial charge in [-0.25, -0.2) is 9.50 Å².